The van der Waals surface area contributed by atoms with E-state index in [4.69, 9.17) is 0 Å². The van der Waals surface area contributed by atoms with Gasteiger partial charge in [-0.3, -0.25) is 19.8 Å². The molecule has 4 rings (SSSR count). The van der Waals surface area contributed by atoms with Crippen LogP contribution in [0.1, 0.15) is 35.7 Å². The fourth-order valence-electron chi connectivity index (χ4n) is 3.64. The molecular formula is C23H25N5O3. The van der Waals surface area contributed by atoms with Crippen LogP contribution in [0.4, 0.5) is 5.69 Å². The van der Waals surface area contributed by atoms with E-state index in [1.807, 2.05) is 35.2 Å². The number of rotatable bonds is 5. The minimum Gasteiger partial charge on any atom is -0.345 e. The van der Waals surface area contributed by atoms with Crippen LogP contribution in [0.5, 0.6) is 0 Å². The van der Waals surface area contributed by atoms with Gasteiger partial charge in [-0.1, -0.05) is 30.3 Å². The minimum atomic E-state index is -0.668. The fraction of sp³-hybridized carbons (Fsp3) is 0.304. The molecule has 0 saturated carbocycles. The number of hydrazine groups is 1. The molecule has 2 aromatic rings. The van der Waals surface area contributed by atoms with Gasteiger partial charge in [0.25, 0.3) is 17.7 Å². The monoisotopic (exact) mass is 419 g/mol. The van der Waals surface area contributed by atoms with Crippen LogP contribution in [-0.2, 0) is 16.1 Å². The van der Waals surface area contributed by atoms with Crippen molar-refractivity contribution >= 4 is 29.2 Å². The largest absolute Gasteiger partial charge is 0.345 e. The van der Waals surface area contributed by atoms with Crippen molar-refractivity contribution < 1.29 is 14.4 Å². The van der Waals surface area contributed by atoms with E-state index in [-0.39, 0.29) is 24.2 Å². The molecule has 3 amide bonds. The number of benzene rings is 2. The summed E-state index contributed by atoms with van der Waals surface area (Å²) in [7, 11) is 0. The Morgan fingerprint density at radius 2 is 1.74 bits per heavy atom. The molecule has 1 unspecified atom stereocenters. The Balaban J connectivity index is 1.37. The summed E-state index contributed by atoms with van der Waals surface area (Å²) in [6.07, 6.45) is 2.11. The maximum absolute atomic E-state index is 12.6. The highest BCUT2D eigenvalue weighted by Crippen LogP contribution is 2.16. The van der Waals surface area contributed by atoms with Gasteiger partial charge < -0.3 is 10.2 Å². The van der Waals surface area contributed by atoms with Crippen LogP contribution < -0.4 is 15.8 Å². The topological polar surface area (TPSA) is 94.1 Å². The Morgan fingerprint density at radius 3 is 2.42 bits per heavy atom. The molecule has 0 aliphatic carbocycles. The second kappa shape index (κ2) is 8.99. The number of aliphatic imine (C=N–C) groups is 1. The third-order valence-corrected chi connectivity index (χ3v) is 5.39. The average molecular weight is 419 g/mol. The van der Waals surface area contributed by atoms with Gasteiger partial charge in [0.1, 0.15) is 6.04 Å². The highest BCUT2D eigenvalue weighted by molar-refractivity contribution is 6.39. The van der Waals surface area contributed by atoms with Crippen molar-refractivity contribution in [3.63, 3.8) is 0 Å². The molecule has 8 heteroatoms. The summed E-state index contributed by atoms with van der Waals surface area (Å²) in [6, 6.07) is 15.6. The third-order valence-electron chi connectivity index (χ3n) is 5.39. The van der Waals surface area contributed by atoms with Gasteiger partial charge in [0, 0.05) is 25.2 Å². The van der Waals surface area contributed by atoms with E-state index in [2.05, 4.69) is 15.7 Å². The summed E-state index contributed by atoms with van der Waals surface area (Å²) >= 11 is 0. The number of carbonyl (C=O) groups is 3. The quantitative estimate of drug-likeness (QED) is 0.774. The Labute approximate surface area is 180 Å². The second-order valence-corrected chi connectivity index (χ2v) is 7.65. The number of anilines is 1. The number of hydrogen-bond acceptors (Lipinski definition) is 5. The summed E-state index contributed by atoms with van der Waals surface area (Å²) < 4.78 is 0. The van der Waals surface area contributed by atoms with E-state index in [1.165, 1.54) is 5.01 Å². The number of nitrogens with zero attached hydrogens (tertiary/aromatic N) is 3. The Bertz CT molecular complexity index is 998. The van der Waals surface area contributed by atoms with Crippen LogP contribution in [0.3, 0.4) is 0 Å². The van der Waals surface area contributed by atoms with Crippen molar-refractivity contribution in [2.24, 2.45) is 4.99 Å². The molecule has 0 bridgehead atoms. The first kappa shape index (κ1) is 20.6. The zero-order valence-corrected chi connectivity index (χ0v) is 17.4. The van der Waals surface area contributed by atoms with Crippen molar-refractivity contribution in [3.05, 3.63) is 65.7 Å². The van der Waals surface area contributed by atoms with Gasteiger partial charge in [0.15, 0.2) is 0 Å². The molecule has 2 heterocycles. The van der Waals surface area contributed by atoms with Crippen molar-refractivity contribution in [1.29, 1.82) is 0 Å². The Kier molecular flexibility index (Phi) is 5.97. The second-order valence-electron chi connectivity index (χ2n) is 7.65. The van der Waals surface area contributed by atoms with E-state index in [0.29, 0.717) is 11.3 Å². The van der Waals surface area contributed by atoms with Crippen LogP contribution in [0.25, 0.3) is 0 Å². The van der Waals surface area contributed by atoms with E-state index < -0.39 is 11.9 Å². The number of amidine groups is 1. The van der Waals surface area contributed by atoms with Gasteiger partial charge in [0.05, 0.1) is 5.69 Å². The van der Waals surface area contributed by atoms with Crippen LogP contribution in [0, 0.1) is 0 Å². The van der Waals surface area contributed by atoms with Crippen LogP contribution in [0.15, 0.2) is 59.6 Å². The lowest BCUT2D eigenvalue weighted by atomic mass is 10.1. The first-order valence-corrected chi connectivity index (χ1v) is 10.4. The molecule has 0 spiro atoms. The normalized spacial score (nSPS) is 18.4. The van der Waals surface area contributed by atoms with Crippen molar-refractivity contribution in [2.45, 2.75) is 32.4 Å². The van der Waals surface area contributed by atoms with Gasteiger partial charge in [-0.25, -0.2) is 10.0 Å². The molecule has 1 saturated heterocycles. The summed E-state index contributed by atoms with van der Waals surface area (Å²) in [6.45, 7) is 3.56. The lowest BCUT2D eigenvalue weighted by Gasteiger charge is -2.30. The maximum atomic E-state index is 12.6. The number of likely N-dealkylation sites (tertiary alicyclic amines) is 1. The molecule has 2 aromatic carbocycles. The molecule has 1 atom stereocenters. The molecule has 8 nitrogen and oxygen atoms in total. The highest BCUT2D eigenvalue weighted by atomic mass is 16.2. The highest BCUT2D eigenvalue weighted by Gasteiger charge is 2.30. The van der Waals surface area contributed by atoms with Crippen LogP contribution >= 0.6 is 0 Å². The zero-order chi connectivity index (χ0) is 21.8. The first-order chi connectivity index (χ1) is 15.0. The standard InChI is InChI=1S/C23H25N5O3/c1-16-22(30)28(19-7-3-2-4-8-19)26-20(25-16)21(29)24-15-17-9-11-18(12-10-17)23(31)27-13-5-6-14-27/h2-4,7-12,16H,5-6,13-15H2,1H3,(H,24,29)(H,25,26). The molecular weight excluding hydrogens is 394 g/mol. The molecule has 160 valence electrons. The molecule has 2 aliphatic heterocycles. The van der Waals surface area contributed by atoms with Gasteiger partial charge in [-0.05, 0) is 49.6 Å². The lowest BCUT2D eigenvalue weighted by Crippen LogP contribution is -2.57. The Hall–Kier alpha value is -3.68. The predicted molar refractivity (Wildman–Crippen MR) is 117 cm³/mol. The molecule has 0 radical (unpaired) electrons. The van der Waals surface area contributed by atoms with Crippen molar-refractivity contribution in [3.8, 4) is 0 Å². The third kappa shape index (κ3) is 4.58. The summed E-state index contributed by atoms with van der Waals surface area (Å²) in [4.78, 5) is 43.6. The number of hydrogen-bond donors (Lipinski definition) is 2. The van der Waals surface area contributed by atoms with Crippen molar-refractivity contribution in [2.75, 3.05) is 18.1 Å². The SMILES string of the molecule is CC1N=C(C(=O)NCc2ccc(C(=O)N3CCCC3)cc2)NN(c2ccccc2)C1=O. The number of amides is 3. The fourth-order valence-corrected chi connectivity index (χ4v) is 3.64. The van der Waals surface area contributed by atoms with Crippen molar-refractivity contribution in [1.82, 2.24) is 15.6 Å². The number of nitrogens with one attached hydrogen (secondary N) is 2. The molecule has 2 N–H and O–H groups in total. The molecule has 31 heavy (non-hydrogen) atoms. The zero-order valence-electron chi connectivity index (χ0n) is 17.4. The maximum Gasteiger partial charge on any atom is 0.288 e. The molecule has 2 aliphatic rings. The van der Waals surface area contributed by atoms with Gasteiger partial charge in [0.2, 0.25) is 5.84 Å². The van der Waals surface area contributed by atoms with E-state index in [9.17, 15) is 14.4 Å². The number of para-hydroxylation sites is 1. The molecule has 0 aromatic heterocycles. The van der Waals surface area contributed by atoms with Gasteiger partial charge in [-0.2, -0.15) is 0 Å². The first-order valence-electron chi connectivity index (χ1n) is 10.4. The van der Waals surface area contributed by atoms with Gasteiger partial charge in [-0.15, -0.1) is 0 Å². The van der Waals surface area contributed by atoms with Gasteiger partial charge >= 0.3 is 0 Å². The van der Waals surface area contributed by atoms with E-state index in [1.54, 1.807) is 31.2 Å². The number of carbonyl (C=O) groups excluding carboxylic acids is 3. The van der Waals surface area contributed by atoms with Crippen LogP contribution in [0.2, 0.25) is 0 Å². The summed E-state index contributed by atoms with van der Waals surface area (Å²) in [5.74, 6) is -0.510. The molecule has 1 fully saturated rings. The lowest BCUT2D eigenvalue weighted by molar-refractivity contribution is -0.120. The Morgan fingerprint density at radius 1 is 1.06 bits per heavy atom. The van der Waals surface area contributed by atoms with E-state index in [0.717, 1.165) is 31.5 Å². The van der Waals surface area contributed by atoms with Crippen LogP contribution in [-0.4, -0.2) is 47.6 Å². The minimum absolute atomic E-state index is 0.0495. The summed E-state index contributed by atoms with van der Waals surface area (Å²) in [5, 5.41) is 4.15. The predicted octanol–water partition coefficient (Wildman–Crippen LogP) is 1.88. The van der Waals surface area contributed by atoms with E-state index >= 15 is 0 Å². The average Bonchev–Trinajstić information content (AvgIpc) is 3.34. The smallest absolute Gasteiger partial charge is 0.288 e. The summed E-state index contributed by atoms with van der Waals surface area (Å²) in [5.41, 5.74) is 4.97.